The van der Waals surface area contributed by atoms with Gasteiger partial charge in [0.05, 0.1) is 12.0 Å². The number of hydrogen-bond acceptors (Lipinski definition) is 4. The fraction of sp³-hybridized carbons (Fsp3) is 0.619. The maximum absolute atomic E-state index is 12.6. The predicted molar refractivity (Wildman–Crippen MR) is 101 cm³/mol. The average Bonchev–Trinajstić information content (AvgIpc) is 2.84. The first-order valence-corrected chi connectivity index (χ1v) is 9.39. The molecule has 1 fully saturated rings. The number of amides is 2. The third kappa shape index (κ3) is 4.26. The normalized spacial score (nSPS) is 18.3. The highest BCUT2D eigenvalue weighted by atomic mass is 16.5. The molecule has 0 aromatic heterocycles. The van der Waals surface area contributed by atoms with Crippen molar-refractivity contribution in [3.63, 3.8) is 0 Å². The predicted octanol–water partition coefficient (Wildman–Crippen LogP) is 3.29. The Morgan fingerprint density at radius 3 is 2.19 bits per heavy atom. The number of benzene rings is 1. The van der Waals surface area contributed by atoms with Gasteiger partial charge in [0, 0.05) is 6.42 Å². The third-order valence-electron chi connectivity index (χ3n) is 5.40. The second-order valence-electron chi connectivity index (χ2n) is 8.21. The molecule has 1 aliphatic heterocycles. The van der Waals surface area contributed by atoms with E-state index in [0.29, 0.717) is 18.6 Å². The highest BCUT2D eigenvalue weighted by molar-refractivity contribution is 6.05. The Hall–Kier alpha value is -1.88. The van der Waals surface area contributed by atoms with E-state index < -0.39 is 11.5 Å². The largest absolute Gasteiger partial charge is 0.491 e. The third-order valence-corrected chi connectivity index (χ3v) is 5.40. The second-order valence-corrected chi connectivity index (χ2v) is 8.21. The van der Waals surface area contributed by atoms with Crippen molar-refractivity contribution in [3.05, 3.63) is 29.8 Å². The number of imide groups is 1. The Morgan fingerprint density at radius 1 is 1.15 bits per heavy atom. The van der Waals surface area contributed by atoms with Crippen LogP contribution in [-0.2, 0) is 15.0 Å². The summed E-state index contributed by atoms with van der Waals surface area (Å²) in [6, 6.07) is 7.76. The summed E-state index contributed by atoms with van der Waals surface area (Å²) in [7, 11) is 0. The zero-order valence-electron chi connectivity index (χ0n) is 16.5. The van der Waals surface area contributed by atoms with Crippen LogP contribution in [-0.4, -0.2) is 41.1 Å². The lowest BCUT2D eigenvalue weighted by atomic mass is 9.81. The molecule has 0 spiro atoms. The standard InChI is InChI=1S/C21H31NO4/c1-6-21(7-2)12-18(24)22(19(21)25)13-16(23)14-26-17-10-8-15(9-11-17)20(3,4)5/h8-11,16,23H,6-7,12-14H2,1-5H3/t16-/m1/s1. The molecule has 0 unspecified atom stereocenters. The van der Waals surface area contributed by atoms with E-state index in [1.807, 2.05) is 38.1 Å². The van der Waals surface area contributed by atoms with Crippen molar-refractivity contribution in [2.24, 2.45) is 5.41 Å². The summed E-state index contributed by atoms with van der Waals surface area (Å²) in [6.45, 7) is 10.3. The minimum atomic E-state index is -0.908. The molecule has 1 saturated heterocycles. The van der Waals surface area contributed by atoms with Crippen molar-refractivity contribution in [2.45, 2.75) is 65.4 Å². The van der Waals surface area contributed by atoms with Gasteiger partial charge in [-0.15, -0.1) is 0 Å². The molecule has 0 aliphatic carbocycles. The Morgan fingerprint density at radius 2 is 1.73 bits per heavy atom. The molecule has 2 rings (SSSR count). The summed E-state index contributed by atoms with van der Waals surface area (Å²) in [4.78, 5) is 26.0. The van der Waals surface area contributed by atoms with Gasteiger partial charge >= 0.3 is 0 Å². The van der Waals surface area contributed by atoms with Gasteiger partial charge in [0.25, 0.3) is 0 Å². The van der Waals surface area contributed by atoms with Gasteiger partial charge in [0.15, 0.2) is 0 Å². The Kier molecular flexibility index (Phi) is 6.12. The summed E-state index contributed by atoms with van der Waals surface area (Å²) in [5.74, 6) is 0.293. The van der Waals surface area contributed by atoms with Gasteiger partial charge in [0.2, 0.25) is 11.8 Å². The fourth-order valence-electron chi connectivity index (χ4n) is 3.35. The second kappa shape index (κ2) is 7.78. The zero-order chi connectivity index (χ0) is 19.5. The van der Waals surface area contributed by atoms with Crippen LogP contribution in [0.1, 0.15) is 59.4 Å². The van der Waals surface area contributed by atoms with Gasteiger partial charge in [0.1, 0.15) is 18.5 Å². The Bertz CT molecular complexity index is 641. The van der Waals surface area contributed by atoms with Crippen molar-refractivity contribution in [2.75, 3.05) is 13.2 Å². The van der Waals surface area contributed by atoms with E-state index in [9.17, 15) is 14.7 Å². The van der Waals surface area contributed by atoms with Crippen molar-refractivity contribution < 1.29 is 19.4 Å². The van der Waals surface area contributed by atoms with E-state index in [1.54, 1.807) is 0 Å². The van der Waals surface area contributed by atoms with Crippen LogP contribution in [0.15, 0.2) is 24.3 Å². The van der Waals surface area contributed by atoms with Crippen LogP contribution in [0.5, 0.6) is 5.75 Å². The van der Waals surface area contributed by atoms with Crippen LogP contribution in [0.4, 0.5) is 0 Å². The molecule has 26 heavy (non-hydrogen) atoms. The lowest BCUT2D eigenvalue weighted by molar-refractivity contribution is -0.143. The van der Waals surface area contributed by atoms with Gasteiger partial charge in [-0.1, -0.05) is 46.8 Å². The lowest BCUT2D eigenvalue weighted by Crippen LogP contribution is -2.41. The molecule has 1 heterocycles. The first-order valence-electron chi connectivity index (χ1n) is 9.39. The molecule has 1 aromatic rings. The minimum Gasteiger partial charge on any atom is -0.491 e. The van der Waals surface area contributed by atoms with Crippen molar-refractivity contribution in [1.82, 2.24) is 4.90 Å². The molecule has 1 atom stereocenters. The molecular formula is C21H31NO4. The van der Waals surface area contributed by atoms with E-state index >= 15 is 0 Å². The number of carbonyl (C=O) groups excluding carboxylic acids is 2. The van der Waals surface area contributed by atoms with E-state index in [1.165, 1.54) is 10.5 Å². The van der Waals surface area contributed by atoms with Gasteiger partial charge < -0.3 is 9.84 Å². The number of β-amino-alcohol motifs (C(OH)–C–C–N with tert-alkyl or cyclic N) is 1. The zero-order valence-corrected chi connectivity index (χ0v) is 16.5. The molecule has 144 valence electrons. The number of aliphatic hydroxyl groups is 1. The van der Waals surface area contributed by atoms with Crippen molar-refractivity contribution >= 4 is 11.8 Å². The van der Waals surface area contributed by atoms with Crippen molar-refractivity contribution in [3.8, 4) is 5.75 Å². The van der Waals surface area contributed by atoms with Crippen LogP contribution in [0, 0.1) is 5.41 Å². The topological polar surface area (TPSA) is 66.8 Å². The number of hydrogen-bond donors (Lipinski definition) is 1. The number of rotatable bonds is 7. The van der Waals surface area contributed by atoms with E-state index in [0.717, 1.165) is 0 Å². The molecule has 5 heteroatoms. The molecule has 5 nitrogen and oxygen atoms in total. The van der Waals surface area contributed by atoms with E-state index in [4.69, 9.17) is 4.74 Å². The summed E-state index contributed by atoms with van der Waals surface area (Å²) >= 11 is 0. The highest BCUT2D eigenvalue weighted by Gasteiger charge is 2.49. The monoisotopic (exact) mass is 361 g/mol. The highest BCUT2D eigenvalue weighted by Crippen LogP contribution is 2.39. The summed E-state index contributed by atoms with van der Waals surface area (Å²) < 4.78 is 5.62. The van der Waals surface area contributed by atoms with E-state index in [-0.39, 0.29) is 36.8 Å². The quantitative estimate of drug-likeness (QED) is 0.757. The summed E-state index contributed by atoms with van der Waals surface area (Å²) in [6.07, 6.45) is 0.602. The minimum absolute atomic E-state index is 0.0144. The van der Waals surface area contributed by atoms with Crippen LogP contribution in [0.3, 0.4) is 0 Å². The van der Waals surface area contributed by atoms with Gasteiger partial charge in [-0.05, 0) is 36.0 Å². The van der Waals surface area contributed by atoms with Crippen LogP contribution >= 0.6 is 0 Å². The molecule has 2 amide bonds. The number of aliphatic hydroxyl groups excluding tert-OH is 1. The number of nitrogens with zero attached hydrogens (tertiary/aromatic N) is 1. The molecule has 0 saturated carbocycles. The van der Waals surface area contributed by atoms with Crippen molar-refractivity contribution in [1.29, 1.82) is 0 Å². The lowest BCUT2D eigenvalue weighted by Gasteiger charge is -2.25. The molecule has 1 N–H and O–H groups in total. The Balaban J connectivity index is 1.92. The van der Waals surface area contributed by atoms with Crippen LogP contribution < -0.4 is 4.74 Å². The molecule has 0 bridgehead atoms. The molecule has 1 aliphatic rings. The number of likely N-dealkylation sites (tertiary alicyclic amines) is 1. The maximum Gasteiger partial charge on any atom is 0.235 e. The fourth-order valence-corrected chi connectivity index (χ4v) is 3.35. The Labute approximate surface area is 156 Å². The molecule has 1 aromatic carbocycles. The number of ether oxygens (including phenoxy) is 1. The maximum atomic E-state index is 12.6. The van der Waals surface area contributed by atoms with E-state index in [2.05, 4.69) is 20.8 Å². The van der Waals surface area contributed by atoms with Crippen LogP contribution in [0.25, 0.3) is 0 Å². The summed E-state index contributed by atoms with van der Waals surface area (Å²) in [5.41, 5.74) is 0.675. The summed E-state index contributed by atoms with van der Waals surface area (Å²) in [5, 5.41) is 10.2. The molecule has 0 radical (unpaired) electrons. The SMILES string of the molecule is CCC1(CC)CC(=O)N(C[C@@H](O)COc2ccc(C(C)(C)C)cc2)C1=O. The van der Waals surface area contributed by atoms with Gasteiger partial charge in [-0.25, -0.2) is 0 Å². The smallest absolute Gasteiger partial charge is 0.235 e. The first kappa shape index (κ1) is 20.4. The van der Waals surface area contributed by atoms with Crippen LogP contribution in [0.2, 0.25) is 0 Å². The van der Waals surface area contributed by atoms with Gasteiger partial charge in [-0.3, -0.25) is 14.5 Å². The number of carbonyl (C=O) groups is 2. The first-order chi connectivity index (χ1) is 12.1. The van der Waals surface area contributed by atoms with Gasteiger partial charge in [-0.2, -0.15) is 0 Å². The average molecular weight is 361 g/mol. The molecular weight excluding hydrogens is 330 g/mol.